The van der Waals surface area contributed by atoms with Gasteiger partial charge in [-0.15, -0.1) is 11.3 Å². The van der Waals surface area contributed by atoms with Gasteiger partial charge in [-0.2, -0.15) is 4.98 Å². The van der Waals surface area contributed by atoms with Gasteiger partial charge in [0.05, 0.1) is 17.0 Å². The molecule has 0 unspecified atom stereocenters. The van der Waals surface area contributed by atoms with Crippen molar-refractivity contribution in [3.63, 3.8) is 0 Å². The molecule has 20 heavy (non-hydrogen) atoms. The van der Waals surface area contributed by atoms with Crippen LogP contribution in [0.1, 0.15) is 39.5 Å². The Bertz CT molecular complexity index is 561. The highest BCUT2D eigenvalue weighted by atomic mass is 32.1. The van der Waals surface area contributed by atoms with E-state index in [1.807, 2.05) is 13.8 Å². The van der Waals surface area contributed by atoms with E-state index in [1.54, 1.807) is 18.6 Å². The Kier molecular flexibility index (Phi) is 4.49. The van der Waals surface area contributed by atoms with Crippen molar-refractivity contribution in [2.75, 3.05) is 6.61 Å². The largest absolute Gasteiger partial charge is 0.465 e. The Morgan fingerprint density at radius 2 is 2.15 bits per heavy atom. The zero-order chi connectivity index (χ0) is 14.6. The number of hydrogen-bond acceptors (Lipinski definition) is 7. The summed E-state index contributed by atoms with van der Waals surface area (Å²) in [5, 5.41) is 3.94. The van der Waals surface area contributed by atoms with Crippen LogP contribution in [0.4, 0.5) is 0 Å². The fourth-order valence-electron chi connectivity index (χ4n) is 2.04. The monoisotopic (exact) mass is 295 g/mol. The zero-order valence-corrected chi connectivity index (χ0v) is 12.6. The van der Waals surface area contributed by atoms with Gasteiger partial charge in [0.1, 0.15) is 5.41 Å². The molecule has 0 aromatic carbocycles. The van der Waals surface area contributed by atoms with E-state index in [0.29, 0.717) is 31.2 Å². The Morgan fingerprint density at radius 3 is 2.70 bits per heavy atom. The van der Waals surface area contributed by atoms with Crippen molar-refractivity contribution < 1.29 is 14.1 Å². The Balaban J connectivity index is 2.37. The number of thiazole rings is 1. The number of ether oxygens (including phenoxy) is 1. The summed E-state index contributed by atoms with van der Waals surface area (Å²) in [6.07, 6.45) is 2.77. The molecular weight excluding hydrogens is 278 g/mol. The summed E-state index contributed by atoms with van der Waals surface area (Å²) >= 11 is 1.42. The highest BCUT2D eigenvalue weighted by molar-refractivity contribution is 7.13. The molecule has 2 heterocycles. The SMILES string of the molecule is CCOC(=O)C(CC)(CC)c1nc(-c2cncs2)no1. The molecule has 2 rings (SSSR count). The van der Waals surface area contributed by atoms with E-state index in [2.05, 4.69) is 15.1 Å². The van der Waals surface area contributed by atoms with Crippen LogP contribution < -0.4 is 0 Å². The first kappa shape index (κ1) is 14.6. The van der Waals surface area contributed by atoms with Crippen molar-refractivity contribution in [3.05, 3.63) is 17.6 Å². The average molecular weight is 295 g/mol. The van der Waals surface area contributed by atoms with Crippen LogP contribution in [0, 0.1) is 0 Å². The third-order valence-corrected chi connectivity index (χ3v) is 4.13. The molecule has 0 N–H and O–H groups in total. The number of esters is 1. The lowest BCUT2D eigenvalue weighted by molar-refractivity contribution is -0.151. The molecule has 0 spiro atoms. The second kappa shape index (κ2) is 6.13. The second-order valence-electron chi connectivity index (χ2n) is 4.30. The summed E-state index contributed by atoms with van der Waals surface area (Å²) in [7, 11) is 0. The minimum absolute atomic E-state index is 0.310. The van der Waals surface area contributed by atoms with E-state index in [4.69, 9.17) is 9.26 Å². The minimum Gasteiger partial charge on any atom is -0.465 e. The number of nitrogens with zero attached hydrogens (tertiary/aromatic N) is 3. The molecule has 7 heteroatoms. The summed E-state index contributed by atoms with van der Waals surface area (Å²) < 4.78 is 10.5. The van der Waals surface area contributed by atoms with E-state index >= 15 is 0 Å². The lowest BCUT2D eigenvalue weighted by atomic mass is 9.82. The van der Waals surface area contributed by atoms with Gasteiger partial charge in [-0.1, -0.05) is 19.0 Å². The molecule has 0 amide bonds. The molecule has 0 aliphatic heterocycles. The molecule has 0 aliphatic carbocycles. The first-order chi connectivity index (χ1) is 9.67. The predicted molar refractivity (Wildman–Crippen MR) is 74.3 cm³/mol. The molecule has 108 valence electrons. The molecule has 0 fully saturated rings. The minimum atomic E-state index is -0.869. The van der Waals surface area contributed by atoms with E-state index in [-0.39, 0.29) is 5.97 Å². The maximum absolute atomic E-state index is 12.3. The molecule has 2 aromatic heterocycles. The van der Waals surface area contributed by atoms with Crippen LogP contribution in [0.5, 0.6) is 0 Å². The standard InChI is InChI=1S/C13H17N3O3S/c1-4-13(5-2,12(17)18-6-3)11-15-10(16-19-11)9-7-14-8-20-9/h7-8H,4-6H2,1-3H3. The molecule has 0 atom stereocenters. The molecule has 0 bridgehead atoms. The highest BCUT2D eigenvalue weighted by Gasteiger charge is 2.44. The number of carbonyl (C=O) groups excluding carboxylic acids is 1. The van der Waals surface area contributed by atoms with E-state index in [1.165, 1.54) is 11.3 Å². The van der Waals surface area contributed by atoms with Gasteiger partial charge in [-0.05, 0) is 19.8 Å². The smallest absolute Gasteiger partial charge is 0.321 e. The van der Waals surface area contributed by atoms with Gasteiger partial charge in [0.25, 0.3) is 0 Å². The van der Waals surface area contributed by atoms with Crippen LogP contribution in [-0.2, 0) is 14.9 Å². The number of hydrogen-bond donors (Lipinski definition) is 0. The fraction of sp³-hybridized carbons (Fsp3) is 0.538. The lowest BCUT2D eigenvalue weighted by Gasteiger charge is -2.24. The Morgan fingerprint density at radius 1 is 1.40 bits per heavy atom. The molecule has 2 aromatic rings. The maximum Gasteiger partial charge on any atom is 0.321 e. The van der Waals surface area contributed by atoms with Gasteiger partial charge in [0.15, 0.2) is 0 Å². The topological polar surface area (TPSA) is 78.1 Å². The predicted octanol–water partition coefficient (Wildman–Crippen LogP) is 2.81. The Labute approximate surface area is 121 Å². The molecule has 6 nitrogen and oxygen atoms in total. The zero-order valence-electron chi connectivity index (χ0n) is 11.8. The fourth-order valence-corrected chi connectivity index (χ4v) is 2.59. The second-order valence-corrected chi connectivity index (χ2v) is 5.18. The highest BCUT2D eigenvalue weighted by Crippen LogP contribution is 2.33. The Hall–Kier alpha value is -1.76. The molecule has 0 saturated heterocycles. The van der Waals surface area contributed by atoms with Crippen LogP contribution in [0.15, 0.2) is 16.2 Å². The number of aromatic nitrogens is 3. The van der Waals surface area contributed by atoms with Crippen molar-refractivity contribution in [1.82, 2.24) is 15.1 Å². The van der Waals surface area contributed by atoms with Gasteiger partial charge < -0.3 is 9.26 Å². The van der Waals surface area contributed by atoms with Crippen LogP contribution in [0.3, 0.4) is 0 Å². The van der Waals surface area contributed by atoms with E-state index < -0.39 is 5.41 Å². The molecule has 0 radical (unpaired) electrons. The normalized spacial score (nSPS) is 11.6. The summed E-state index contributed by atoms with van der Waals surface area (Å²) in [5.41, 5.74) is 0.829. The number of rotatable bonds is 6. The first-order valence-corrected chi connectivity index (χ1v) is 7.46. The van der Waals surface area contributed by atoms with Gasteiger partial charge in [-0.25, -0.2) is 0 Å². The van der Waals surface area contributed by atoms with Gasteiger partial charge >= 0.3 is 5.97 Å². The van der Waals surface area contributed by atoms with Crippen molar-refractivity contribution in [3.8, 4) is 10.7 Å². The summed E-state index contributed by atoms with van der Waals surface area (Å²) in [6.45, 7) is 5.94. The quantitative estimate of drug-likeness (QED) is 0.762. The van der Waals surface area contributed by atoms with Crippen LogP contribution >= 0.6 is 11.3 Å². The van der Waals surface area contributed by atoms with Gasteiger partial charge in [-0.3, -0.25) is 9.78 Å². The lowest BCUT2D eigenvalue weighted by Crippen LogP contribution is -2.36. The maximum atomic E-state index is 12.3. The molecule has 0 saturated carbocycles. The molecule has 0 aliphatic rings. The van der Waals surface area contributed by atoms with Crippen LogP contribution in [-0.4, -0.2) is 27.7 Å². The molecular formula is C13H17N3O3S. The van der Waals surface area contributed by atoms with Crippen molar-refractivity contribution in [1.29, 1.82) is 0 Å². The summed E-state index contributed by atoms with van der Waals surface area (Å²) in [5.74, 6) is 0.451. The van der Waals surface area contributed by atoms with Crippen LogP contribution in [0.2, 0.25) is 0 Å². The van der Waals surface area contributed by atoms with Gasteiger partial charge in [0.2, 0.25) is 11.7 Å². The van der Waals surface area contributed by atoms with Crippen molar-refractivity contribution in [2.24, 2.45) is 0 Å². The van der Waals surface area contributed by atoms with Gasteiger partial charge in [0, 0.05) is 6.20 Å². The first-order valence-electron chi connectivity index (χ1n) is 6.58. The summed E-state index contributed by atoms with van der Waals surface area (Å²) in [4.78, 5) is 21.4. The van der Waals surface area contributed by atoms with E-state index in [9.17, 15) is 4.79 Å². The summed E-state index contributed by atoms with van der Waals surface area (Å²) in [6, 6.07) is 0. The van der Waals surface area contributed by atoms with Crippen molar-refractivity contribution >= 4 is 17.3 Å². The van der Waals surface area contributed by atoms with Crippen LogP contribution in [0.25, 0.3) is 10.7 Å². The van der Waals surface area contributed by atoms with E-state index in [0.717, 1.165) is 4.88 Å². The van der Waals surface area contributed by atoms with Crippen molar-refractivity contribution in [2.45, 2.75) is 39.0 Å². The number of carbonyl (C=O) groups is 1. The average Bonchev–Trinajstić information content (AvgIpc) is 3.12. The third kappa shape index (κ3) is 2.45. The third-order valence-electron chi connectivity index (χ3n) is 3.36.